The molecule has 0 bridgehead atoms. The van der Waals surface area contributed by atoms with Crippen LogP contribution in [0.25, 0.3) is 0 Å². The molecule has 17 heavy (non-hydrogen) atoms. The van der Waals surface area contributed by atoms with Crippen molar-refractivity contribution in [2.45, 2.75) is 38.6 Å². The van der Waals surface area contributed by atoms with Crippen molar-refractivity contribution in [3.63, 3.8) is 0 Å². The zero-order valence-electron chi connectivity index (χ0n) is 10.1. The van der Waals surface area contributed by atoms with E-state index in [0.29, 0.717) is 17.7 Å². The van der Waals surface area contributed by atoms with Crippen LogP contribution in [0.2, 0.25) is 0 Å². The molecule has 4 heteroatoms. The van der Waals surface area contributed by atoms with Gasteiger partial charge in [-0.2, -0.15) is 0 Å². The Labute approximate surface area is 107 Å². The van der Waals surface area contributed by atoms with Crippen LogP contribution in [-0.4, -0.2) is 29.3 Å². The SMILES string of the molecule is Cc1ccoc1C(=O)N(CCCCl)C1CCC1. The smallest absolute Gasteiger partial charge is 0.290 e. The van der Waals surface area contributed by atoms with Crippen LogP contribution < -0.4 is 0 Å². The van der Waals surface area contributed by atoms with Crippen molar-refractivity contribution in [1.29, 1.82) is 0 Å². The van der Waals surface area contributed by atoms with Crippen molar-refractivity contribution in [2.24, 2.45) is 0 Å². The van der Waals surface area contributed by atoms with Crippen molar-refractivity contribution in [3.05, 3.63) is 23.7 Å². The van der Waals surface area contributed by atoms with E-state index in [9.17, 15) is 4.79 Å². The third-order valence-corrected chi connectivity index (χ3v) is 3.63. The largest absolute Gasteiger partial charge is 0.459 e. The Bertz CT molecular complexity index is 385. The maximum Gasteiger partial charge on any atom is 0.290 e. The van der Waals surface area contributed by atoms with E-state index in [-0.39, 0.29) is 5.91 Å². The molecule has 0 spiro atoms. The molecule has 1 saturated carbocycles. The zero-order chi connectivity index (χ0) is 12.3. The van der Waals surface area contributed by atoms with Crippen LogP contribution in [0.4, 0.5) is 0 Å². The van der Waals surface area contributed by atoms with E-state index in [4.69, 9.17) is 16.0 Å². The summed E-state index contributed by atoms with van der Waals surface area (Å²) in [4.78, 5) is 14.3. The maximum absolute atomic E-state index is 12.4. The van der Waals surface area contributed by atoms with Gasteiger partial charge in [-0.3, -0.25) is 4.79 Å². The second-order valence-electron chi connectivity index (χ2n) is 4.56. The Kier molecular flexibility index (Phi) is 4.11. The van der Waals surface area contributed by atoms with Gasteiger partial charge in [0.05, 0.1) is 6.26 Å². The molecule has 2 rings (SSSR count). The number of carbonyl (C=O) groups excluding carboxylic acids is 1. The highest BCUT2D eigenvalue weighted by atomic mass is 35.5. The molecule has 1 aromatic rings. The lowest BCUT2D eigenvalue weighted by atomic mass is 9.91. The zero-order valence-corrected chi connectivity index (χ0v) is 10.9. The average molecular weight is 256 g/mol. The normalized spacial score (nSPS) is 15.6. The molecular weight excluding hydrogens is 238 g/mol. The molecule has 0 unspecified atom stereocenters. The molecule has 1 fully saturated rings. The van der Waals surface area contributed by atoms with E-state index in [1.165, 1.54) is 6.42 Å². The number of hydrogen-bond acceptors (Lipinski definition) is 2. The van der Waals surface area contributed by atoms with Gasteiger partial charge in [0.2, 0.25) is 0 Å². The molecule has 0 aromatic carbocycles. The fraction of sp³-hybridized carbons (Fsp3) is 0.615. The number of amides is 1. The molecule has 0 radical (unpaired) electrons. The first kappa shape index (κ1) is 12.5. The first-order chi connectivity index (χ1) is 8.24. The topological polar surface area (TPSA) is 33.5 Å². The summed E-state index contributed by atoms with van der Waals surface area (Å²) in [7, 11) is 0. The summed E-state index contributed by atoms with van der Waals surface area (Å²) in [6, 6.07) is 2.21. The van der Waals surface area contributed by atoms with Gasteiger partial charge in [0.1, 0.15) is 0 Å². The van der Waals surface area contributed by atoms with E-state index < -0.39 is 0 Å². The predicted octanol–water partition coefficient (Wildman–Crippen LogP) is 3.21. The fourth-order valence-corrected chi connectivity index (χ4v) is 2.22. The van der Waals surface area contributed by atoms with Crippen molar-refractivity contribution in [3.8, 4) is 0 Å². The Hall–Kier alpha value is -0.960. The standard InChI is InChI=1S/C13H18ClNO2/c1-10-6-9-17-12(10)13(16)15(8-3-7-14)11-4-2-5-11/h6,9,11H,2-5,7-8H2,1H3. The second kappa shape index (κ2) is 5.58. The van der Waals surface area contributed by atoms with Crippen LogP contribution in [0.15, 0.2) is 16.7 Å². The van der Waals surface area contributed by atoms with Crippen LogP contribution in [-0.2, 0) is 0 Å². The molecule has 0 saturated heterocycles. The first-order valence-electron chi connectivity index (χ1n) is 6.15. The number of nitrogens with zero attached hydrogens (tertiary/aromatic N) is 1. The summed E-state index contributed by atoms with van der Waals surface area (Å²) in [6.45, 7) is 2.63. The lowest BCUT2D eigenvalue weighted by Gasteiger charge is -2.37. The second-order valence-corrected chi connectivity index (χ2v) is 4.94. The van der Waals surface area contributed by atoms with E-state index in [0.717, 1.165) is 31.4 Å². The van der Waals surface area contributed by atoms with E-state index in [2.05, 4.69) is 0 Å². The van der Waals surface area contributed by atoms with Gasteiger partial charge in [0.25, 0.3) is 5.91 Å². The molecule has 0 atom stereocenters. The van der Waals surface area contributed by atoms with Gasteiger partial charge in [-0.15, -0.1) is 11.6 Å². The molecule has 1 amide bonds. The van der Waals surface area contributed by atoms with Gasteiger partial charge < -0.3 is 9.32 Å². The van der Waals surface area contributed by atoms with E-state index in [1.807, 2.05) is 17.9 Å². The summed E-state index contributed by atoms with van der Waals surface area (Å²) in [5.41, 5.74) is 0.908. The van der Waals surface area contributed by atoms with Crippen LogP contribution in [0.1, 0.15) is 41.8 Å². The van der Waals surface area contributed by atoms with Crippen molar-refractivity contribution in [2.75, 3.05) is 12.4 Å². The number of furan rings is 1. The van der Waals surface area contributed by atoms with Gasteiger partial charge in [-0.25, -0.2) is 0 Å². The Balaban J connectivity index is 2.09. The highest BCUT2D eigenvalue weighted by Crippen LogP contribution is 2.27. The fourth-order valence-electron chi connectivity index (χ4n) is 2.10. The number of rotatable bonds is 5. The van der Waals surface area contributed by atoms with E-state index >= 15 is 0 Å². The lowest BCUT2D eigenvalue weighted by Crippen LogP contribution is -2.44. The third kappa shape index (κ3) is 2.65. The molecule has 94 valence electrons. The lowest BCUT2D eigenvalue weighted by molar-refractivity contribution is 0.0547. The molecule has 1 aliphatic rings. The van der Waals surface area contributed by atoms with Crippen LogP contribution >= 0.6 is 11.6 Å². The summed E-state index contributed by atoms with van der Waals surface area (Å²) in [6.07, 6.45) is 5.83. The van der Waals surface area contributed by atoms with Crippen molar-refractivity contribution < 1.29 is 9.21 Å². The monoisotopic (exact) mass is 255 g/mol. The summed E-state index contributed by atoms with van der Waals surface area (Å²) < 4.78 is 5.28. The molecular formula is C13H18ClNO2. The minimum Gasteiger partial charge on any atom is -0.459 e. The first-order valence-corrected chi connectivity index (χ1v) is 6.68. The highest BCUT2D eigenvalue weighted by Gasteiger charge is 2.30. The van der Waals surface area contributed by atoms with Crippen molar-refractivity contribution in [1.82, 2.24) is 4.90 Å². The molecule has 1 aromatic heterocycles. The van der Waals surface area contributed by atoms with Crippen LogP contribution in [0.3, 0.4) is 0 Å². The third-order valence-electron chi connectivity index (χ3n) is 3.37. The summed E-state index contributed by atoms with van der Waals surface area (Å²) in [5.74, 6) is 1.09. The summed E-state index contributed by atoms with van der Waals surface area (Å²) >= 11 is 5.71. The molecule has 1 aliphatic carbocycles. The van der Waals surface area contributed by atoms with Crippen LogP contribution in [0.5, 0.6) is 0 Å². The predicted molar refractivity (Wildman–Crippen MR) is 67.5 cm³/mol. The van der Waals surface area contributed by atoms with Gasteiger partial charge in [-0.1, -0.05) is 0 Å². The van der Waals surface area contributed by atoms with Gasteiger partial charge in [0.15, 0.2) is 5.76 Å². The number of aryl methyl sites for hydroxylation is 1. The average Bonchev–Trinajstić information content (AvgIpc) is 2.67. The number of hydrogen-bond donors (Lipinski definition) is 0. The van der Waals surface area contributed by atoms with Crippen LogP contribution in [0, 0.1) is 6.92 Å². The van der Waals surface area contributed by atoms with Gasteiger partial charge >= 0.3 is 0 Å². The minimum atomic E-state index is 0.0160. The number of carbonyl (C=O) groups is 1. The maximum atomic E-state index is 12.4. The Morgan fingerprint density at radius 2 is 2.35 bits per heavy atom. The molecule has 0 N–H and O–H groups in total. The van der Waals surface area contributed by atoms with Gasteiger partial charge in [-0.05, 0) is 38.7 Å². The molecule has 3 nitrogen and oxygen atoms in total. The highest BCUT2D eigenvalue weighted by molar-refractivity contribution is 6.17. The minimum absolute atomic E-state index is 0.0160. The molecule has 0 aliphatic heterocycles. The van der Waals surface area contributed by atoms with Crippen molar-refractivity contribution >= 4 is 17.5 Å². The quantitative estimate of drug-likeness (QED) is 0.757. The number of halogens is 1. The summed E-state index contributed by atoms with van der Waals surface area (Å²) in [5, 5.41) is 0. The Morgan fingerprint density at radius 3 is 2.82 bits per heavy atom. The van der Waals surface area contributed by atoms with Gasteiger partial charge in [0, 0.05) is 24.0 Å². The number of alkyl halides is 1. The molecule has 1 heterocycles. The Morgan fingerprint density at radius 1 is 1.59 bits per heavy atom. The van der Waals surface area contributed by atoms with E-state index in [1.54, 1.807) is 6.26 Å².